The maximum atomic E-state index is 12.5. The van der Waals surface area contributed by atoms with Gasteiger partial charge in [-0.1, -0.05) is 55.0 Å². The van der Waals surface area contributed by atoms with E-state index in [4.69, 9.17) is 14.6 Å². The second kappa shape index (κ2) is 11.8. The first-order valence-corrected chi connectivity index (χ1v) is 12.2. The fourth-order valence-corrected chi connectivity index (χ4v) is 4.89. The summed E-state index contributed by atoms with van der Waals surface area (Å²) in [5.74, 6) is -1.13. The van der Waals surface area contributed by atoms with Gasteiger partial charge in [-0.25, -0.2) is 4.79 Å². The van der Waals surface area contributed by atoms with Crippen molar-refractivity contribution in [3.8, 4) is 11.1 Å². The summed E-state index contributed by atoms with van der Waals surface area (Å²) in [6.07, 6.45) is 1.76. The topological polar surface area (TPSA) is 114 Å². The number of hydrogen-bond donors (Lipinski definition) is 3. The third-order valence-corrected chi connectivity index (χ3v) is 6.69. The van der Waals surface area contributed by atoms with Gasteiger partial charge in [0.05, 0.1) is 0 Å². The minimum absolute atomic E-state index is 0.00279. The lowest BCUT2D eigenvalue weighted by Gasteiger charge is -2.19. The predicted octanol–water partition coefficient (Wildman–Crippen LogP) is 3.69. The molecule has 8 nitrogen and oxygen atoms in total. The van der Waals surface area contributed by atoms with Crippen molar-refractivity contribution >= 4 is 18.0 Å². The Hall–Kier alpha value is -3.39. The summed E-state index contributed by atoms with van der Waals surface area (Å²) in [5.41, 5.74) is 4.67. The third-order valence-electron chi connectivity index (χ3n) is 6.69. The summed E-state index contributed by atoms with van der Waals surface area (Å²) in [6, 6.07) is 16.4. The Morgan fingerprint density at radius 2 is 1.63 bits per heavy atom. The standard InChI is InChI=1S/C27H32N2O6/c30-24(31)12-2-1-7-14-28-26(32)25-18(13-15-34-25)16-29-27(33)35-17-23-21-10-5-3-8-19(21)20-9-4-6-11-22(20)23/h3-6,8-11,18,23,25H,1-2,7,12-17H2,(H,28,32)(H,29,33)(H,30,31)/t18-,25-/m1/s1. The van der Waals surface area contributed by atoms with E-state index in [-0.39, 0.29) is 30.8 Å². The van der Waals surface area contributed by atoms with E-state index in [0.29, 0.717) is 39.0 Å². The molecule has 0 saturated carbocycles. The van der Waals surface area contributed by atoms with Crippen molar-refractivity contribution in [3.05, 3.63) is 59.7 Å². The molecule has 186 valence electrons. The van der Waals surface area contributed by atoms with Gasteiger partial charge in [0.1, 0.15) is 12.7 Å². The van der Waals surface area contributed by atoms with Crippen LogP contribution in [0.3, 0.4) is 0 Å². The molecular formula is C27H32N2O6. The molecule has 1 saturated heterocycles. The van der Waals surface area contributed by atoms with E-state index in [1.807, 2.05) is 24.3 Å². The van der Waals surface area contributed by atoms with Crippen LogP contribution in [0.5, 0.6) is 0 Å². The minimum atomic E-state index is -0.805. The van der Waals surface area contributed by atoms with Crippen molar-refractivity contribution in [2.45, 2.75) is 44.1 Å². The average molecular weight is 481 g/mol. The maximum Gasteiger partial charge on any atom is 0.407 e. The second-order valence-electron chi connectivity index (χ2n) is 9.04. The summed E-state index contributed by atoms with van der Waals surface area (Å²) in [4.78, 5) is 35.5. The zero-order valence-electron chi connectivity index (χ0n) is 19.7. The van der Waals surface area contributed by atoms with Gasteiger partial charge in [-0.15, -0.1) is 0 Å². The molecule has 0 bridgehead atoms. The Morgan fingerprint density at radius 3 is 2.31 bits per heavy atom. The molecule has 0 aromatic heterocycles. The predicted molar refractivity (Wildman–Crippen MR) is 130 cm³/mol. The number of fused-ring (bicyclic) bond motifs is 3. The summed E-state index contributed by atoms with van der Waals surface area (Å²) in [5, 5.41) is 14.3. The molecule has 2 aromatic carbocycles. The number of alkyl carbamates (subject to hydrolysis) is 1. The number of carbonyl (C=O) groups is 3. The zero-order valence-corrected chi connectivity index (χ0v) is 19.7. The number of benzene rings is 2. The first-order chi connectivity index (χ1) is 17.0. The van der Waals surface area contributed by atoms with Crippen LogP contribution in [0.25, 0.3) is 11.1 Å². The molecule has 1 aliphatic carbocycles. The third kappa shape index (κ3) is 6.19. The summed E-state index contributed by atoms with van der Waals surface area (Å²) < 4.78 is 11.2. The molecule has 1 aliphatic heterocycles. The van der Waals surface area contributed by atoms with Gasteiger partial charge in [0, 0.05) is 38.0 Å². The van der Waals surface area contributed by atoms with Gasteiger partial charge in [0.2, 0.25) is 5.91 Å². The largest absolute Gasteiger partial charge is 0.481 e. The van der Waals surface area contributed by atoms with Crippen molar-refractivity contribution < 1.29 is 29.0 Å². The Morgan fingerprint density at radius 1 is 0.943 bits per heavy atom. The van der Waals surface area contributed by atoms with Gasteiger partial charge in [0.25, 0.3) is 0 Å². The molecule has 2 aromatic rings. The molecule has 1 fully saturated rings. The molecule has 0 unspecified atom stereocenters. The van der Waals surface area contributed by atoms with Crippen LogP contribution in [0.1, 0.15) is 49.1 Å². The van der Waals surface area contributed by atoms with Crippen LogP contribution < -0.4 is 10.6 Å². The lowest BCUT2D eigenvalue weighted by molar-refractivity contribution is -0.137. The first kappa shape index (κ1) is 24.7. The van der Waals surface area contributed by atoms with E-state index in [1.165, 1.54) is 11.1 Å². The molecule has 1 heterocycles. The van der Waals surface area contributed by atoms with Crippen molar-refractivity contribution in [2.24, 2.45) is 5.92 Å². The SMILES string of the molecule is O=C(O)CCCCCNC(=O)[C@@H]1OCC[C@@H]1CNC(=O)OCC1c2ccccc2-c2ccccc21. The lowest BCUT2D eigenvalue weighted by Crippen LogP contribution is -2.42. The van der Waals surface area contributed by atoms with E-state index >= 15 is 0 Å². The van der Waals surface area contributed by atoms with Crippen molar-refractivity contribution in [2.75, 3.05) is 26.3 Å². The van der Waals surface area contributed by atoms with Gasteiger partial charge in [0.15, 0.2) is 0 Å². The van der Waals surface area contributed by atoms with E-state index in [0.717, 1.165) is 17.5 Å². The maximum absolute atomic E-state index is 12.5. The fourth-order valence-electron chi connectivity index (χ4n) is 4.89. The summed E-state index contributed by atoms with van der Waals surface area (Å²) >= 11 is 0. The van der Waals surface area contributed by atoms with Crippen molar-refractivity contribution in [1.29, 1.82) is 0 Å². The van der Waals surface area contributed by atoms with Crippen LogP contribution in [-0.4, -0.2) is 55.5 Å². The van der Waals surface area contributed by atoms with Gasteiger partial charge in [-0.3, -0.25) is 9.59 Å². The fraction of sp³-hybridized carbons (Fsp3) is 0.444. The number of rotatable bonds is 11. The number of nitrogens with one attached hydrogen (secondary N) is 2. The van der Waals surface area contributed by atoms with Crippen molar-refractivity contribution in [3.63, 3.8) is 0 Å². The molecule has 3 N–H and O–H groups in total. The highest BCUT2D eigenvalue weighted by atomic mass is 16.5. The number of ether oxygens (including phenoxy) is 2. The molecule has 2 aliphatic rings. The van der Waals surface area contributed by atoms with E-state index in [2.05, 4.69) is 34.9 Å². The molecule has 0 radical (unpaired) electrons. The molecule has 2 atom stereocenters. The van der Waals surface area contributed by atoms with Crippen molar-refractivity contribution in [1.82, 2.24) is 10.6 Å². The number of hydrogen-bond acceptors (Lipinski definition) is 5. The highest BCUT2D eigenvalue weighted by molar-refractivity contribution is 5.81. The number of aliphatic carboxylic acids is 1. The lowest BCUT2D eigenvalue weighted by atomic mass is 9.98. The molecule has 4 rings (SSSR count). The molecule has 0 spiro atoms. The molecule has 2 amide bonds. The smallest absolute Gasteiger partial charge is 0.407 e. The van der Waals surface area contributed by atoms with Crippen LogP contribution in [0.15, 0.2) is 48.5 Å². The first-order valence-electron chi connectivity index (χ1n) is 12.2. The number of unbranched alkanes of at least 4 members (excludes halogenated alkanes) is 2. The Balaban J connectivity index is 1.21. The molecule has 8 heteroatoms. The Labute approximate surface area is 205 Å². The Bertz CT molecular complexity index is 1010. The second-order valence-corrected chi connectivity index (χ2v) is 9.04. The number of carboxylic acid groups (broad SMARTS) is 1. The minimum Gasteiger partial charge on any atom is -0.481 e. The number of carbonyl (C=O) groups excluding carboxylic acids is 2. The van der Waals surface area contributed by atoms with Crippen LogP contribution >= 0.6 is 0 Å². The average Bonchev–Trinajstić information content (AvgIpc) is 3.46. The molecule has 35 heavy (non-hydrogen) atoms. The van der Waals surface area contributed by atoms with Crippen LogP contribution in [0.2, 0.25) is 0 Å². The van der Waals surface area contributed by atoms with E-state index < -0.39 is 18.2 Å². The molecular weight excluding hydrogens is 448 g/mol. The number of amides is 2. The monoisotopic (exact) mass is 480 g/mol. The van der Waals surface area contributed by atoms with E-state index in [9.17, 15) is 14.4 Å². The zero-order chi connectivity index (χ0) is 24.6. The van der Waals surface area contributed by atoms with Crippen LogP contribution in [0.4, 0.5) is 4.79 Å². The Kier molecular flexibility index (Phi) is 8.36. The summed E-state index contributed by atoms with van der Waals surface area (Å²) in [6.45, 7) is 1.48. The van der Waals surface area contributed by atoms with Gasteiger partial charge in [-0.05, 0) is 41.5 Å². The highest BCUT2D eigenvalue weighted by Crippen LogP contribution is 2.44. The number of carboxylic acids is 1. The van der Waals surface area contributed by atoms with Crippen LogP contribution in [-0.2, 0) is 19.1 Å². The van der Waals surface area contributed by atoms with Gasteiger partial charge < -0.3 is 25.2 Å². The van der Waals surface area contributed by atoms with Gasteiger partial charge in [-0.2, -0.15) is 0 Å². The normalized spacial score (nSPS) is 18.5. The quantitative estimate of drug-likeness (QED) is 0.423. The highest BCUT2D eigenvalue weighted by Gasteiger charge is 2.34. The van der Waals surface area contributed by atoms with Crippen LogP contribution in [0, 0.1) is 5.92 Å². The summed E-state index contributed by atoms with van der Waals surface area (Å²) in [7, 11) is 0. The van der Waals surface area contributed by atoms with E-state index in [1.54, 1.807) is 0 Å². The van der Waals surface area contributed by atoms with Gasteiger partial charge >= 0.3 is 12.1 Å².